The third kappa shape index (κ3) is 6.07. The van der Waals surface area contributed by atoms with Gasteiger partial charge >= 0.3 is 6.18 Å². The van der Waals surface area contributed by atoms with Crippen LogP contribution in [0.5, 0.6) is 0 Å². The second-order valence-corrected chi connectivity index (χ2v) is 10.9. The van der Waals surface area contributed by atoms with Gasteiger partial charge in [0.1, 0.15) is 6.54 Å². The van der Waals surface area contributed by atoms with Crippen LogP contribution in [0.25, 0.3) is 0 Å². The van der Waals surface area contributed by atoms with Gasteiger partial charge in [-0.15, -0.1) is 0 Å². The van der Waals surface area contributed by atoms with E-state index in [0.29, 0.717) is 24.5 Å². The highest BCUT2D eigenvalue weighted by atomic mass is 32.2. The molecule has 0 aromatic heterocycles. The van der Waals surface area contributed by atoms with Crippen molar-refractivity contribution in [3.05, 3.63) is 89.5 Å². The fourth-order valence-electron chi connectivity index (χ4n) is 4.45. The van der Waals surface area contributed by atoms with Gasteiger partial charge in [0, 0.05) is 31.9 Å². The van der Waals surface area contributed by atoms with E-state index in [-0.39, 0.29) is 30.4 Å². The van der Waals surface area contributed by atoms with E-state index in [1.54, 1.807) is 46.2 Å². The van der Waals surface area contributed by atoms with Crippen LogP contribution in [-0.2, 0) is 21.0 Å². The van der Waals surface area contributed by atoms with Crippen LogP contribution in [0.15, 0.2) is 77.7 Å². The topological polar surface area (TPSA) is 60.9 Å². The van der Waals surface area contributed by atoms with E-state index in [0.717, 1.165) is 27.6 Å². The predicted molar refractivity (Wildman–Crippen MR) is 137 cm³/mol. The first-order valence-corrected chi connectivity index (χ1v) is 13.3. The summed E-state index contributed by atoms with van der Waals surface area (Å²) in [6.45, 7) is 4.54. The highest BCUT2D eigenvalue weighted by Crippen LogP contribution is 2.32. The molecule has 3 aromatic rings. The van der Waals surface area contributed by atoms with E-state index in [2.05, 4.69) is 0 Å². The number of benzene rings is 3. The van der Waals surface area contributed by atoms with Crippen molar-refractivity contribution >= 4 is 27.3 Å². The standard InChI is InChI=1S/C27H28F3N3O3S/c1-20-15-21(2)17-24(16-20)33(37(35,36)25-9-4-3-5-10-25)19-26(34)32-13-11-31(12-14-32)23-8-6-7-22(18-23)27(28,29)30/h3-10,15-18H,11-14,19H2,1-2H3. The zero-order valence-electron chi connectivity index (χ0n) is 20.6. The highest BCUT2D eigenvalue weighted by Gasteiger charge is 2.32. The number of rotatable bonds is 6. The second kappa shape index (κ2) is 10.5. The lowest BCUT2D eigenvalue weighted by molar-refractivity contribution is -0.137. The number of carbonyl (C=O) groups is 1. The van der Waals surface area contributed by atoms with Crippen LogP contribution < -0.4 is 9.21 Å². The molecule has 1 aliphatic heterocycles. The van der Waals surface area contributed by atoms with Gasteiger partial charge in [-0.25, -0.2) is 8.42 Å². The molecule has 1 heterocycles. The molecule has 0 radical (unpaired) electrons. The quantitative estimate of drug-likeness (QED) is 0.456. The second-order valence-electron chi connectivity index (χ2n) is 9.09. The highest BCUT2D eigenvalue weighted by molar-refractivity contribution is 7.92. The molecule has 6 nitrogen and oxygen atoms in total. The van der Waals surface area contributed by atoms with Crippen molar-refractivity contribution in [2.75, 3.05) is 41.9 Å². The molecule has 0 bridgehead atoms. The monoisotopic (exact) mass is 531 g/mol. The summed E-state index contributed by atoms with van der Waals surface area (Å²) in [7, 11) is -4.03. The molecule has 0 atom stereocenters. The Hall–Kier alpha value is -3.53. The van der Waals surface area contributed by atoms with Crippen molar-refractivity contribution in [2.24, 2.45) is 0 Å². The Kier molecular flexibility index (Phi) is 7.49. The number of hydrogen-bond donors (Lipinski definition) is 0. The van der Waals surface area contributed by atoms with E-state index in [1.807, 2.05) is 19.9 Å². The summed E-state index contributed by atoms with van der Waals surface area (Å²) in [5, 5.41) is 0. The van der Waals surface area contributed by atoms with Crippen LogP contribution in [0, 0.1) is 13.8 Å². The molecular weight excluding hydrogens is 503 g/mol. The first-order chi connectivity index (χ1) is 17.4. The Balaban J connectivity index is 1.53. The average molecular weight is 532 g/mol. The molecule has 1 fully saturated rings. The minimum absolute atomic E-state index is 0.0799. The van der Waals surface area contributed by atoms with E-state index in [4.69, 9.17) is 0 Å². The molecule has 1 saturated heterocycles. The first kappa shape index (κ1) is 26.5. The van der Waals surface area contributed by atoms with E-state index < -0.39 is 21.8 Å². The Morgan fingerprint density at radius 3 is 2.08 bits per heavy atom. The van der Waals surface area contributed by atoms with Gasteiger partial charge in [-0.1, -0.05) is 30.3 Å². The van der Waals surface area contributed by atoms with Crippen molar-refractivity contribution in [3.63, 3.8) is 0 Å². The van der Waals surface area contributed by atoms with E-state index in [1.165, 1.54) is 18.2 Å². The first-order valence-electron chi connectivity index (χ1n) is 11.8. The van der Waals surface area contributed by atoms with E-state index in [9.17, 15) is 26.4 Å². The number of halogens is 3. The molecule has 1 aliphatic rings. The lowest BCUT2D eigenvalue weighted by Crippen LogP contribution is -2.52. The van der Waals surface area contributed by atoms with Crippen LogP contribution in [0.4, 0.5) is 24.5 Å². The fourth-order valence-corrected chi connectivity index (χ4v) is 5.86. The lowest BCUT2D eigenvalue weighted by atomic mass is 10.1. The summed E-state index contributed by atoms with van der Waals surface area (Å²) in [4.78, 5) is 16.7. The molecule has 0 unspecified atom stereocenters. The maximum atomic E-state index is 13.6. The number of hydrogen-bond acceptors (Lipinski definition) is 4. The van der Waals surface area contributed by atoms with Crippen molar-refractivity contribution in [1.29, 1.82) is 0 Å². The van der Waals surface area contributed by atoms with Gasteiger partial charge in [0.25, 0.3) is 10.0 Å². The number of sulfonamides is 1. The largest absolute Gasteiger partial charge is 0.416 e. The Labute approximate surface area is 215 Å². The number of amides is 1. The SMILES string of the molecule is Cc1cc(C)cc(N(CC(=O)N2CCN(c3cccc(C(F)(F)F)c3)CC2)S(=O)(=O)c2ccccc2)c1. The summed E-state index contributed by atoms with van der Waals surface area (Å²) >= 11 is 0. The van der Waals surface area contributed by atoms with Gasteiger partial charge in [-0.2, -0.15) is 13.2 Å². The van der Waals surface area contributed by atoms with Crippen LogP contribution >= 0.6 is 0 Å². The number of aryl methyl sites for hydroxylation is 2. The van der Waals surface area contributed by atoms with Gasteiger partial charge in [-0.05, 0) is 67.4 Å². The zero-order valence-corrected chi connectivity index (χ0v) is 21.4. The third-order valence-corrected chi connectivity index (χ3v) is 8.06. The summed E-state index contributed by atoms with van der Waals surface area (Å²) in [6, 6.07) is 18.4. The molecule has 0 aliphatic carbocycles. The maximum absolute atomic E-state index is 13.6. The molecule has 196 valence electrons. The van der Waals surface area contributed by atoms with Crippen molar-refractivity contribution < 1.29 is 26.4 Å². The van der Waals surface area contributed by atoms with Crippen LogP contribution in [0.2, 0.25) is 0 Å². The summed E-state index contributed by atoms with van der Waals surface area (Å²) in [6.07, 6.45) is -4.43. The van der Waals surface area contributed by atoms with Gasteiger partial charge in [0.15, 0.2) is 0 Å². The van der Waals surface area contributed by atoms with Crippen molar-refractivity contribution in [1.82, 2.24) is 4.90 Å². The van der Waals surface area contributed by atoms with Gasteiger partial charge in [0.05, 0.1) is 16.1 Å². The van der Waals surface area contributed by atoms with Gasteiger partial charge in [-0.3, -0.25) is 9.10 Å². The van der Waals surface area contributed by atoms with Gasteiger partial charge in [0.2, 0.25) is 5.91 Å². The minimum Gasteiger partial charge on any atom is -0.368 e. The van der Waals surface area contributed by atoms with Crippen LogP contribution in [0.1, 0.15) is 16.7 Å². The normalized spacial score (nSPS) is 14.5. The molecule has 4 rings (SSSR count). The number of carbonyl (C=O) groups excluding carboxylic acids is 1. The van der Waals surface area contributed by atoms with Crippen molar-refractivity contribution in [2.45, 2.75) is 24.9 Å². The minimum atomic E-state index is -4.43. The summed E-state index contributed by atoms with van der Waals surface area (Å²) in [5.41, 5.74) is 1.84. The number of nitrogens with zero attached hydrogens (tertiary/aromatic N) is 3. The molecule has 0 spiro atoms. The predicted octanol–water partition coefficient (Wildman–Crippen LogP) is 4.87. The van der Waals surface area contributed by atoms with Crippen LogP contribution in [-0.4, -0.2) is 51.9 Å². The molecule has 0 N–H and O–H groups in total. The molecule has 3 aromatic carbocycles. The van der Waals surface area contributed by atoms with Crippen LogP contribution in [0.3, 0.4) is 0 Å². The van der Waals surface area contributed by atoms with Gasteiger partial charge < -0.3 is 9.80 Å². The molecule has 10 heteroatoms. The molecule has 37 heavy (non-hydrogen) atoms. The Morgan fingerprint density at radius 2 is 1.49 bits per heavy atom. The van der Waals surface area contributed by atoms with Crippen molar-refractivity contribution in [3.8, 4) is 0 Å². The Morgan fingerprint density at radius 1 is 0.865 bits per heavy atom. The maximum Gasteiger partial charge on any atom is 0.416 e. The smallest absolute Gasteiger partial charge is 0.368 e. The number of alkyl halides is 3. The summed E-state index contributed by atoms with van der Waals surface area (Å²) in [5.74, 6) is -0.373. The number of piperazine rings is 1. The summed E-state index contributed by atoms with van der Waals surface area (Å²) < 4.78 is 67.6. The average Bonchev–Trinajstić information content (AvgIpc) is 2.86. The molecule has 1 amide bonds. The molecule has 0 saturated carbocycles. The van der Waals surface area contributed by atoms with E-state index >= 15 is 0 Å². The molecular formula is C27H28F3N3O3S. The zero-order chi connectivity index (χ0) is 26.8. The Bertz CT molecular complexity index is 1350. The fraction of sp³-hybridized carbons (Fsp3) is 0.296. The number of anilines is 2. The third-order valence-electron chi connectivity index (χ3n) is 6.28. The lowest BCUT2D eigenvalue weighted by Gasteiger charge is -2.37.